The smallest absolute Gasteiger partial charge is 0.158 e. The maximum absolute atomic E-state index is 6.44. The number of benzene rings is 2. The first-order valence-corrected chi connectivity index (χ1v) is 10.0. The van der Waals surface area contributed by atoms with E-state index < -0.39 is 0 Å². The minimum Gasteiger partial charge on any atom is -0.494 e. The van der Waals surface area contributed by atoms with Gasteiger partial charge in [0.25, 0.3) is 0 Å². The standard InChI is InChI=1S/C22H18ClN7O2/c1-12-7-16(29-22-20-15(25-10-27-22)4-3-14(24)21(20)23)18(31-2)9-17(12)32-13-5-6-30-19(8-13)26-11-28-30/h3-11H,24H2,1-2H3,(H,25,27,29). The first-order valence-electron chi connectivity index (χ1n) is 9.65. The minimum atomic E-state index is 0.394. The first-order chi connectivity index (χ1) is 15.5. The van der Waals surface area contributed by atoms with Gasteiger partial charge in [0.2, 0.25) is 0 Å². The third-order valence-corrected chi connectivity index (χ3v) is 5.41. The summed E-state index contributed by atoms with van der Waals surface area (Å²) in [4.78, 5) is 12.8. The number of hydrogen-bond acceptors (Lipinski definition) is 8. The molecule has 0 fully saturated rings. The fourth-order valence-electron chi connectivity index (χ4n) is 3.38. The normalized spacial score (nSPS) is 11.1. The Labute approximate surface area is 187 Å². The van der Waals surface area contributed by atoms with Crippen molar-refractivity contribution >= 4 is 45.3 Å². The predicted molar refractivity (Wildman–Crippen MR) is 123 cm³/mol. The number of nitrogens with one attached hydrogen (secondary N) is 1. The van der Waals surface area contributed by atoms with Crippen LogP contribution in [0.5, 0.6) is 17.2 Å². The summed E-state index contributed by atoms with van der Waals surface area (Å²) in [5, 5.41) is 8.41. The summed E-state index contributed by atoms with van der Waals surface area (Å²) < 4.78 is 13.4. The van der Waals surface area contributed by atoms with E-state index >= 15 is 0 Å². The fourth-order valence-corrected chi connectivity index (χ4v) is 3.63. The summed E-state index contributed by atoms with van der Waals surface area (Å²) in [6, 6.07) is 10.9. The number of ether oxygens (including phenoxy) is 2. The summed E-state index contributed by atoms with van der Waals surface area (Å²) in [6.07, 6.45) is 4.75. The van der Waals surface area contributed by atoms with Crippen LogP contribution in [-0.4, -0.2) is 31.7 Å². The number of rotatable bonds is 5. The van der Waals surface area contributed by atoms with Crippen LogP contribution in [0.4, 0.5) is 17.2 Å². The van der Waals surface area contributed by atoms with Gasteiger partial charge in [0.15, 0.2) is 5.65 Å². The van der Waals surface area contributed by atoms with Gasteiger partial charge in [-0.1, -0.05) is 11.6 Å². The van der Waals surface area contributed by atoms with E-state index in [0.717, 1.165) is 5.56 Å². The number of pyridine rings is 1. The highest BCUT2D eigenvalue weighted by Crippen LogP contribution is 2.39. The van der Waals surface area contributed by atoms with Crippen LogP contribution in [0.1, 0.15) is 5.56 Å². The lowest BCUT2D eigenvalue weighted by Gasteiger charge is -2.16. The van der Waals surface area contributed by atoms with E-state index in [-0.39, 0.29) is 0 Å². The highest BCUT2D eigenvalue weighted by Gasteiger charge is 2.15. The van der Waals surface area contributed by atoms with Crippen LogP contribution in [0.3, 0.4) is 0 Å². The third-order valence-electron chi connectivity index (χ3n) is 5.00. The number of fused-ring (bicyclic) bond motifs is 2. The molecule has 2 aromatic carbocycles. The lowest BCUT2D eigenvalue weighted by atomic mass is 10.1. The summed E-state index contributed by atoms with van der Waals surface area (Å²) in [7, 11) is 1.59. The Bertz CT molecular complexity index is 1470. The summed E-state index contributed by atoms with van der Waals surface area (Å²) in [5.74, 6) is 2.38. The van der Waals surface area contributed by atoms with Crippen LogP contribution < -0.4 is 20.5 Å². The van der Waals surface area contributed by atoms with Crippen LogP contribution in [0.25, 0.3) is 16.6 Å². The quantitative estimate of drug-likeness (QED) is 0.371. The van der Waals surface area contributed by atoms with E-state index in [2.05, 4.69) is 25.4 Å². The molecule has 0 saturated carbocycles. The number of anilines is 3. The van der Waals surface area contributed by atoms with Gasteiger partial charge in [-0.3, -0.25) is 0 Å². The molecule has 9 nitrogen and oxygen atoms in total. The molecule has 0 amide bonds. The van der Waals surface area contributed by atoms with Crippen LogP contribution in [0.2, 0.25) is 5.02 Å². The average Bonchev–Trinajstić information content (AvgIpc) is 3.26. The highest BCUT2D eigenvalue weighted by atomic mass is 35.5. The van der Waals surface area contributed by atoms with Crippen molar-refractivity contribution in [2.45, 2.75) is 6.92 Å². The Morgan fingerprint density at radius 2 is 1.91 bits per heavy atom. The van der Waals surface area contributed by atoms with Crippen molar-refractivity contribution in [1.29, 1.82) is 0 Å². The molecular formula is C22H18ClN7O2. The molecule has 0 spiro atoms. The second-order valence-electron chi connectivity index (χ2n) is 7.06. The summed E-state index contributed by atoms with van der Waals surface area (Å²) in [5.41, 5.74) is 9.39. The van der Waals surface area contributed by atoms with Crippen LogP contribution >= 0.6 is 11.6 Å². The zero-order valence-corrected chi connectivity index (χ0v) is 18.0. The lowest BCUT2D eigenvalue weighted by Crippen LogP contribution is -2.01. The van der Waals surface area contributed by atoms with E-state index in [1.165, 1.54) is 12.7 Å². The number of nitrogens with zero attached hydrogens (tertiary/aromatic N) is 5. The number of aromatic nitrogens is 5. The Morgan fingerprint density at radius 3 is 2.75 bits per heavy atom. The second kappa shape index (κ2) is 7.86. The number of methoxy groups -OCH3 is 1. The molecule has 10 heteroatoms. The zero-order valence-electron chi connectivity index (χ0n) is 17.2. The molecule has 160 valence electrons. The molecule has 0 radical (unpaired) electrons. The van der Waals surface area contributed by atoms with Crippen molar-refractivity contribution in [1.82, 2.24) is 24.6 Å². The largest absolute Gasteiger partial charge is 0.494 e. The molecule has 3 aromatic heterocycles. The molecule has 3 N–H and O–H groups in total. The van der Waals surface area contributed by atoms with Gasteiger partial charge in [0, 0.05) is 18.3 Å². The Hall–Kier alpha value is -4.11. The van der Waals surface area contributed by atoms with E-state index in [4.69, 9.17) is 26.8 Å². The topological polar surface area (TPSA) is 112 Å². The van der Waals surface area contributed by atoms with Gasteiger partial charge in [-0.2, -0.15) is 5.10 Å². The molecule has 0 aliphatic heterocycles. The Balaban J connectivity index is 1.51. The lowest BCUT2D eigenvalue weighted by molar-refractivity contribution is 0.410. The third kappa shape index (κ3) is 3.48. The molecule has 5 rings (SSSR count). The zero-order chi connectivity index (χ0) is 22.2. The van der Waals surface area contributed by atoms with Crippen molar-refractivity contribution in [3.63, 3.8) is 0 Å². The second-order valence-corrected chi connectivity index (χ2v) is 7.43. The van der Waals surface area contributed by atoms with Gasteiger partial charge in [-0.15, -0.1) is 0 Å². The van der Waals surface area contributed by atoms with Crippen LogP contribution in [0, 0.1) is 6.92 Å². The van der Waals surface area contributed by atoms with E-state index in [1.54, 1.807) is 30.0 Å². The fraction of sp³-hybridized carbons (Fsp3) is 0.0909. The van der Waals surface area contributed by atoms with Crippen molar-refractivity contribution in [2.75, 3.05) is 18.2 Å². The molecular weight excluding hydrogens is 430 g/mol. The average molecular weight is 448 g/mol. The number of nitrogen functional groups attached to an aromatic ring is 1. The van der Waals surface area contributed by atoms with Gasteiger partial charge in [-0.05, 0) is 36.8 Å². The van der Waals surface area contributed by atoms with E-state index in [0.29, 0.717) is 56.0 Å². The minimum absolute atomic E-state index is 0.394. The van der Waals surface area contributed by atoms with Gasteiger partial charge >= 0.3 is 0 Å². The molecule has 0 atom stereocenters. The SMILES string of the molecule is COc1cc(Oc2ccn3ncnc3c2)c(C)cc1Nc1ncnc2ccc(N)c(Cl)c12. The van der Waals surface area contributed by atoms with E-state index in [9.17, 15) is 0 Å². The summed E-state index contributed by atoms with van der Waals surface area (Å²) >= 11 is 6.44. The van der Waals surface area contributed by atoms with Crippen molar-refractivity contribution in [2.24, 2.45) is 0 Å². The maximum atomic E-state index is 6.44. The van der Waals surface area contributed by atoms with Gasteiger partial charge in [-0.25, -0.2) is 19.5 Å². The van der Waals surface area contributed by atoms with Crippen molar-refractivity contribution in [3.05, 3.63) is 65.8 Å². The van der Waals surface area contributed by atoms with E-state index in [1.807, 2.05) is 31.2 Å². The molecule has 0 unspecified atom stereocenters. The molecule has 3 heterocycles. The first kappa shape index (κ1) is 19.8. The van der Waals surface area contributed by atoms with Crippen LogP contribution in [0.15, 0.2) is 55.2 Å². The van der Waals surface area contributed by atoms with Gasteiger partial charge in [0.1, 0.15) is 35.7 Å². The Kier molecular flexibility index (Phi) is 4.87. The number of aryl methyl sites for hydroxylation is 1. The number of nitrogens with two attached hydrogens (primary N) is 1. The molecule has 32 heavy (non-hydrogen) atoms. The highest BCUT2D eigenvalue weighted by molar-refractivity contribution is 6.38. The molecule has 0 saturated heterocycles. The van der Waals surface area contributed by atoms with Crippen LogP contribution in [-0.2, 0) is 0 Å². The Morgan fingerprint density at radius 1 is 1.03 bits per heavy atom. The number of hydrogen-bond donors (Lipinski definition) is 2. The summed E-state index contributed by atoms with van der Waals surface area (Å²) in [6.45, 7) is 1.94. The molecule has 0 bridgehead atoms. The monoisotopic (exact) mass is 447 g/mol. The predicted octanol–water partition coefficient (Wildman–Crippen LogP) is 4.76. The van der Waals surface area contributed by atoms with Gasteiger partial charge in [0.05, 0.1) is 34.4 Å². The van der Waals surface area contributed by atoms with Crippen molar-refractivity contribution in [3.8, 4) is 17.2 Å². The van der Waals surface area contributed by atoms with Gasteiger partial charge < -0.3 is 20.5 Å². The molecule has 5 aromatic rings. The van der Waals surface area contributed by atoms with Crippen molar-refractivity contribution < 1.29 is 9.47 Å². The molecule has 0 aliphatic carbocycles. The maximum Gasteiger partial charge on any atom is 0.158 e. The molecule has 0 aliphatic rings. The number of halogens is 1.